The highest BCUT2D eigenvalue weighted by molar-refractivity contribution is 5.92. The molecule has 1 fully saturated rings. The quantitative estimate of drug-likeness (QED) is 0.764. The van der Waals surface area contributed by atoms with Gasteiger partial charge in [-0.05, 0) is 43.5 Å². The van der Waals surface area contributed by atoms with E-state index in [0.29, 0.717) is 0 Å². The standard InChI is InChI=1S/C14H13NO/c1-10(16)14(6-7-14)12-4-5-13-11(9-12)3-2-8-15-13/h2-5,8-9H,6-7H2,1H3. The average Bonchev–Trinajstić information content (AvgIpc) is 3.09. The molecule has 1 heterocycles. The maximum absolute atomic E-state index is 11.6. The van der Waals surface area contributed by atoms with E-state index in [2.05, 4.69) is 11.1 Å². The average molecular weight is 211 g/mol. The van der Waals surface area contributed by atoms with Gasteiger partial charge in [-0.15, -0.1) is 0 Å². The first-order chi connectivity index (χ1) is 7.72. The molecule has 0 radical (unpaired) electrons. The summed E-state index contributed by atoms with van der Waals surface area (Å²) in [5.41, 5.74) is 1.97. The first kappa shape index (κ1) is 9.52. The molecule has 1 aromatic heterocycles. The molecule has 0 N–H and O–H groups in total. The van der Waals surface area contributed by atoms with Crippen LogP contribution in [0.3, 0.4) is 0 Å². The van der Waals surface area contributed by atoms with E-state index >= 15 is 0 Å². The van der Waals surface area contributed by atoms with Gasteiger partial charge in [-0.2, -0.15) is 0 Å². The number of ketones is 1. The van der Waals surface area contributed by atoms with E-state index in [-0.39, 0.29) is 11.2 Å². The van der Waals surface area contributed by atoms with Gasteiger partial charge in [-0.1, -0.05) is 12.1 Å². The van der Waals surface area contributed by atoms with E-state index < -0.39 is 0 Å². The third kappa shape index (κ3) is 1.26. The zero-order valence-electron chi connectivity index (χ0n) is 9.23. The molecule has 3 rings (SSSR count). The van der Waals surface area contributed by atoms with Crippen molar-refractivity contribution < 1.29 is 4.79 Å². The van der Waals surface area contributed by atoms with Crippen molar-refractivity contribution in [3.8, 4) is 0 Å². The van der Waals surface area contributed by atoms with Crippen LogP contribution in [0.5, 0.6) is 0 Å². The van der Waals surface area contributed by atoms with E-state index in [1.165, 1.54) is 0 Å². The van der Waals surface area contributed by atoms with Gasteiger partial charge in [0.25, 0.3) is 0 Å². The normalized spacial score (nSPS) is 17.3. The number of pyridine rings is 1. The number of hydrogen-bond donors (Lipinski definition) is 0. The molecular weight excluding hydrogens is 198 g/mol. The molecule has 0 saturated heterocycles. The third-order valence-electron chi connectivity index (χ3n) is 3.58. The maximum Gasteiger partial charge on any atom is 0.140 e. The van der Waals surface area contributed by atoms with Crippen LogP contribution in [-0.4, -0.2) is 10.8 Å². The number of hydrogen-bond acceptors (Lipinski definition) is 2. The van der Waals surface area contributed by atoms with Crippen LogP contribution in [-0.2, 0) is 10.2 Å². The van der Waals surface area contributed by atoms with Gasteiger partial charge in [0.05, 0.1) is 10.9 Å². The van der Waals surface area contributed by atoms with Gasteiger partial charge in [0.1, 0.15) is 5.78 Å². The summed E-state index contributed by atoms with van der Waals surface area (Å²) in [4.78, 5) is 15.9. The lowest BCUT2D eigenvalue weighted by molar-refractivity contribution is -0.119. The van der Waals surface area contributed by atoms with Crippen LogP contribution in [0.15, 0.2) is 36.5 Å². The van der Waals surface area contributed by atoms with E-state index in [1.807, 2.05) is 24.3 Å². The van der Waals surface area contributed by atoms with Crippen LogP contribution in [0.2, 0.25) is 0 Å². The molecule has 2 nitrogen and oxygen atoms in total. The lowest BCUT2D eigenvalue weighted by atomic mass is 9.91. The Labute approximate surface area is 94.3 Å². The van der Waals surface area contributed by atoms with Gasteiger partial charge in [0.2, 0.25) is 0 Å². The van der Waals surface area contributed by atoms with Crippen molar-refractivity contribution in [1.82, 2.24) is 4.98 Å². The number of aromatic nitrogens is 1. The fraction of sp³-hybridized carbons (Fsp3) is 0.286. The van der Waals surface area contributed by atoms with Crippen LogP contribution in [0.1, 0.15) is 25.3 Å². The largest absolute Gasteiger partial charge is 0.299 e. The molecule has 0 aliphatic heterocycles. The van der Waals surface area contributed by atoms with Crippen molar-refractivity contribution in [1.29, 1.82) is 0 Å². The second-order valence-corrected chi connectivity index (χ2v) is 4.55. The Hall–Kier alpha value is -1.70. The first-order valence-electron chi connectivity index (χ1n) is 5.59. The van der Waals surface area contributed by atoms with Crippen molar-refractivity contribution in [3.05, 3.63) is 42.1 Å². The lowest BCUT2D eigenvalue weighted by Gasteiger charge is -2.12. The second kappa shape index (κ2) is 3.14. The van der Waals surface area contributed by atoms with Crippen molar-refractivity contribution >= 4 is 16.7 Å². The fourth-order valence-corrected chi connectivity index (χ4v) is 2.34. The van der Waals surface area contributed by atoms with Gasteiger partial charge in [0, 0.05) is 11.6 Å². The number of Topliss-reactive ketones (excluding diaryl/α,β-unsaturated/α-hetero) is 1. The number of nitrogens with zero attached hydrogens (tertiary/aromatic N) is 1. The molecule has 80 valence electrons. The minimum absolute atomic E-state index is 0.177. The van der Waals surface area contributed by atoms with Crippen LogP contribution in [0.25, 0.3) is 10.9 Å². The molecule has 1 saturated carbocycles. The van der Waals surface area contributed by atoms with Crippen LogP contribution < -0.4 is 0 Å². The Morgan fingerprint density at radius 3 is 2.81 bits per heavy atom. The zero-order chi connectivity index (χ0) is 11.2. The molecular formula is C14H13NO. The predicted octanol–water partition coefficient (Wildman–Crippen LogP) is 2.86. The Bertz CT molecular complexity index is 570. The highest BCUT2D eigenvalue weighted by Crippen LogP contribution is 2.49. The summed E-state index contributed by atoms with van der Waals surface area (Å²) < 4.78 is 0. The summed E-state index contributed by atoms with van der Waals surface area (Å²) in [7, 11) is 0. The third-order valence-corrected chi connectivity index (χ3v) is 3.58. The molecule has 2 heteroatoms. The van der Waals surface area contributed by atoms with E-state index in [9.17, 15) is 4.79 Å². The van der Waals surface area contributed by atoms with E-state index in [4.69, 9.17) is 0 Å². The number of fused-ring (bicyclic) bond motifs is 1. The Morgan fingerprint density at radius 2 is 2.12 bits per heavy atom. The fourth-order valence-electron chi connectivity index (χ4n) is 2.34. The maximum atomic E-state index is 11.6. The zero-order valence-corrected chi connectivity index (χ0v) is 9.23. The second-order valence-electron chi connectivity index (χ2n) is 4.55. The summed E-state index contributed by atoms with van der Waals surface area (Å²) >= 11 is 0. The number of carbonyl (C=O) groups is 1. The van der Waals surface area contributed by atoms with E-state index in [1.54, 1.807) is 13.1 Å². The molecule has 1 aromatic carbocycles. The monoisotopic (exact) mass is 211 g/mol. The van der Waals surface area contributed by atoms with Crippen LogP contribution in [0.4, 0.5) is 0 Å². The molecule has 2 aromatic rings. The Morgan fingerprint density at radius 1 is 1.31 bits per heavy atom. The summed E-state index contributed by atoms with van der Waals surface area (Å²) in [5.74, 6) is 0.288. The number of carbonyl (C=O) groups excluding carboxylic acids is 1. The lowest BCUT2D eigenvalue weighted by Crippen LogP contribution is -2.16. The smallest absolute Gasteiger partial charge is 0.140 e. The molecule has 0 atom stereocenters. The summed E-state index contributed by atoms with van der Waals surface area (Å²) in [6, 6.07) is 10.1. The van der Waals surface area contributed by atoms with Gasteiger partial charge in [0.15, 0.2) is 0 Å². The van der Waals surface area contributed by atoms with Crippen molar-refractivity contribution in [2.45, 2.75) is 25.2 Å². The molecule has 0 spiro atoms. The first-order valence-corrected chi connectivity index (χ1v) is 5.59. The van der Waals surface area contributed by atoms with Gasteiger partial charge >= 0.3 is 0 Å². The minimum Gasteiger partial charge on any atom is -0.299 e. The molecule has 1 aliphatic rings. The van der Waals surface area contributed by atoms with Gasteiger partial charge in [-0.3, -0.25) is 9.78 Å². The number of benzene rings is 1. The SMILES string of the molecule is CC(=O)C1(c2ccc3ncccc3c2)CC1. The van der Waals surface area contributed by atoms with Crippen molar-refractivity contribution in [2.75, 3.05) is 0 Å². The van der Waals surface area contributed by atoms with E-state index in [0.717, 1.165) is 29.3 Å². The van der Waals surface area contributed by atoms with Crippen LogP contribution in [0, 0.1) is 0 Å². The summed E-state index contributed by atoms with van der Waals surface area (Å²) in [6.07, 6.45) is 3.78. The van der Waals surface area contributed by atoms with Crippen molar-refractivity contribution in [2.24, 2.45) is 0 Å². The minimum atomic E-state index is -0.177. The van der Waals surface area contributed by atoms with Gasteiger partial charge < -0.3 is 0 Å². The molecule has 0 bridgehead atoms. The summed E-state index contributed by atoms with van der Waals surface area (Å²) in [6.45, 7) is 1.69. The summed E-state index contributed by atoms with van der Waals surface area (Å²) in [5, 5.41) is 1.12. The van der Waals surface area contributed by atoms with Crippen molar-refractivity contribution in [3.63, 3.8) is 0 Å². The topological polar surface area (TPSA) is 30.0 Å². The molecule has 0 unspecified atom stereocenters. The predicted molar refractivity (Wildman–Crippen MR) is 63.3 cm³/mol. The molecule has 1 aliphatic carbocycles. The highest BCUT2D eigenvalue weighted by atomic mass is 16.1. The number of rotatable bonds is 2. The Balaban J connectivity index is 2.16. The molecule has 16 heavy (non-hydrogen) atoms. The molecule has 0 amide bonds. The van der Waals surface area contributed by atoms with Crippen LogP contribution >= 0.6 is 0 Å². The Kier molecular flexibility index (Phi) is 1.87. The van der Waals surface area contributed by atoms with Gasteiger partial charge in [-0.25, -0.2) is 0 Å². The highest BCUT2D eigenvalue weighted by Gasteiger charge is 2.48.